The summed E-state index contributed by atoms with van der Waals surface area (Å²) >= 11 is 9.09. The first kappa shape index (κ1) is 16.5. The quantitative estimate of drug-likeness (QED) is 0.888. The first-order chi connectivity index (χ1) is 8.53. The van der Waals surface area contributed by atoms with E-state index in [-0.39, 0.29) is 12.5 Å². The molecule has 0 atom stereocenters. The lowest BCUT2D eigenvalue weighted by molar-refractivity contribution is 0.0950. The molecule has 0 spiro atoms. The number of rotatable bonds is 4. The van der Waals surface area contributed by atoms with Crippen molar-refractivity contribution < 1.29 is 13.2 Å². The van der Waals surface area contributed by atoms with E-state index in [9.17, 15) is 13.2 Å². The van der Waals surface area contributed by atoms with Gasteiger partial charge >= 0.3 is 0 Å². The monoisotopic (exact) mass is 367 g/mol. The molecule has 0 aliphatic carbocycles. The largest absolute Gasteiger partial charge is 0.350 e. The molecule has 0 heterocycles. The van der Waals surface area contributed by atoms with Gasteiger partial charge in [-0.1, -0.05) is 27.5 Å². The van der Waals surface area contributed by atoms with Gasteiger partial charge in [0.1, 0.15) is 0 Å². The standard InChI is InChI=1S/C12H15BrClNO3S/c1-12(2,19(3,17)18)7-15-11(16)8-4-9(13)6-10(14)5-8/h4-6H,7H2,1-3H3,(H,15,16). The van der Waals surface area contributed by atoms with Gasteiger partial charge in [-0.25, -0.2) is 8.42 Å². The molecule has 7 heteroatoms. The van der Waals surface area contributed by atoms with Crippen molar-refractivity contribution in [1.29, 1.82) is 0 Å². The van der Waals surface area contributed by atoms with Crippen LogP contribution >= 0.6 is 27.5 Å². The highest BCUT2D eigenvalue weighted by Gasteiger charge is 2.30. The highest BCUT2D eigenvalue weighted by Crippen LogP contribution is 2.20. The van der Waals surface area contributed by atoms with Crippen LogP contribution in [0.1, 0.15) is 24.2 Å². The fourth-order valence-corrected chi connectivity index (χ4v) is 2.41. The van der Waals surface area contributed by atoms with Crippen molar-refractivity contribution >= 4 is 43.3 Å². The van der Waals surface area contributed by atoms with Gasteiger partial charge in [-0.15, -0.1) is 0 Å². The van der Waals surface area contributed by atoms with Crippen LogP contribution in [-0.2, 0) is 9.84 Å². The van der Waals surface area contributed by atoms with E-state index in [2.05, 4.69) is 21.2 Å². The molecule has 1 amide bonds. The molecule has 1 rings (SSSR count). The van der Waals surface area contributed by atoms with Gasteiger partial charge in [0.2, 0.25) is 0 Å². The lowest BCUT2D eigenvalue weighted by Gasteiger charge is -2.22. The molecule has 0 bridgehead atoms. The molecule has 106 valence electrons. The summed E-state index contributed by atoms with van der Waals surface area (Å²) in [5.74, 6) is -0.361. The third kappa shape index (κ3) is 4.47. The van der Waals surface area contributed by atoms with Crippen LogP contribution in [0.4, 0.5) is 0 Å². The van der Waals surface area contributed by atoms with E-state index in [1.165, 1.54) is 6.07 Å². The summed E-state index contributed by atoms with van der Waals surface area (Å²) in [5.41, 5.74) is 0.378. The Labute approximate surface area is 126 Å². The Kier molecular flexibility index (Phi) is 5.03. The summed E-state index contributed by atoms with van der Waals surface area (Å²) in [5, 5.41) is 3.03. The van der Waals surface area contributed by atoms with Crippen LogP contribution in [0.25, 0.3) is 0 Å². The number of carbonyl (C=O) groups excluding carboxylic acids is 1. The molecule has 0 fully saturated rings. The zero-order chi connectivity index (χ0) is 14.8. The van der Waals surface area contributed by atoms with Crippen molar-refractivity contribution in [3.05, 3.63) is 33.3 Å². The SMILES string of the molecule is CC(C)(CNC(=O)c1cc(Cl)cc(Br)c1)S(C)(=O)=O. The van der Waals surface area contributed by atoms with E-state index >= 15 is 0 Å². The summed E-state index contributed by atoms with van der Waals surface area (Å²) < 4.78 is 22.7. The predicted octanol–water partition coefficient (Wildman–Crippen LogP) is 2.66. The number of benzene rings is 1. The van der Waals surface area contributed by atoms with Crippen LogP contribution in [0.2, 0.25) is 5.02 Å². The fraction of sp³-hybridized carbons (Fsp3) is 0.417. The van der Waals surface area contributed by atoms with Gasteiger partial charge in [0.05, 0.1) is 4.75 Å². The molecule has 0 unspecified atom stereocenters. The zero-order valence-electron chi connectivity index (χ0n) is 10.8. The maximum atomic E-state index is 11.9. The van der Waals surface area contributed by atoms with E-state index in [1.807, 2.05) is 0 Å². The van der Waals surface area contributed by atoms with Crippen LogP contribution in [0.3, 0.4) is 0 Å². The van der Waals surface area contributed by atoms with Gasteiger partial charge in [-0.05, 0) is 32.0 Å². The average molecular weight is 369 g/mol. The maximum Gasteiger partial charge on any atom is 0.251 e. The summed E-state index contributed by atoms with van der Waals surface area (Å²) in [6, 6.07) is 4.81. The molecule has 0 saturated carbocycles. The Hall–Kier alpha value is -0.590. The Morgan fingerprint density at radius 3 is 2.42 bits per heavy atom. The van der Waals surface area contributed by atoms with Crippen molar-refractivity contribution in [3.8, 4) is 0 Å². The molecule has 0 radical (unpaired) electrons. The minimum atomic E-state index is -3.25. The van der Waals surface area contributed by atoms with Gasteiger partial charge in [0, 0.05) is 27.9 Å². The number of halogens is 2. The number of hydrogen-bond acceptors (Lipinski definition) is 3. The molecular formula is C12H15BrClNO3S. The van der Waals surface area contributed by atoms with Gasteiger partial charge < -0.3 is 5.32 Å². The zero-order valence-corrected chi connectivity index (χ0v) is 14.0. The fourth-order valence-electron chi connectivity index (χ4n) is 1.21. The molecule has 0 aliphatic rings. The van der Waals surface area contributed by atoms with Gasteiger partial charge in [0.15, 0.2) is 9.84 Å². The van der Waals surface area contributed by atoms with Crippen LogP contribution in [0.5, 0.6) is 0 Å². The molecule has 19 heavy (non-hydrogen) atoms. The third-order valence-electron chi connectivity index (χ3n) is 2.80. The van der Waals surface area contributed by atoms with Crippen molar-refractivity contribution in [3.63, 3.8) is 0 Å². The highest BCUT2D eigenvalue weighted by atomic mass is 79.9. The summed E-state index contributed by atoms with van der Waals surface area (Å²) in [7, 11) is -3.25. The van der Waals surface area contributed by atoms with E-state index < -0.39 is 14.6 Å². The van der Waals surface area contributed by atoms with Crippen LogP contribution in [0.15, 0.2) is 22.7 Å². The lowest BCUT2D eigenvalue weighted by atomic mass is 10.2. The number of nitrogens with one attached hydrogen (secondary N) is 1. The van der Waals surface area contributed by atoms with Gasteiger partial charge in [-0.2, -0.15) is 0 Å². The van der Waals surface area contributed by atoms with Crippen molar-refractivity contribution in [2.24, 2.45) is 0 Å². The highest BCUT2D eigenvalue weighted by molar-refractivity contribution is 9.10. The smallest absolute Gasteiger partial charge is 0.251 e. The molecule has 0 saturated heterocycles. The van der Waals surface area contributed by atoms with Crippen LogP contribution < -0.4 is 5.32 Å². The molecule has 1 N–H and O–H groups in total. The topological polar surface area (TPSA) is 63.2 Å². The Balaban J connectivity index is 2.82. The Bertz CT molecular complexity index is 579. The average Bonchev–Trinajstić information content (AvgIpc) is 2.23. The molecule has 1 aromatic rings. The van der Waals surface area contributed by atoms with Gasteiger partial charge in [-0.3, -0.25) is 4.79 Å². The number of sulfone groups is 1. The second kappa shape index (κ2) is 5.81. The van der Waals surface area contributed by atoms with Crippen LogP contribution in [0, 0.1) is 0 Å². The molecular weight excluding hydrogens is 354 g/mol. The second-order valence-corrected chi connectivity index (χ2v) is 8.87. The van der Waals surface area contributed by atoms with Crippen molar-refractivity contribution in [2.45, 2.75) is 18.6 Å². The maximum absolute atomic E-state index is 11.9. The molecule has 0 aromatic heterocycles. The summed E-state index contributed by atoms with van der Waals surface area (Å²) in [4.78, 5) is 11.9. The Morgan fingerprint density at radius 1 is 1.37 bits per heavy atom. The van der Waals surface area contributed by atoms with Crippen molar-refractivity contribution in [1.82, 2.24) is 5.32 Å². The Morgan fingerprint density at radius 2 is 1.95 bits per heavy atom. The second-order valence-electron chi connectivity index (χ2n) is 4.87. The molecule has 1 aromatic carbocycles. The molecule has 0 aliphatic heterocycles. The van der Waals surface area contributed by atoms with E-state index in [4.69, 9.17) is 11.6 Å². The van der Waals surface area contributed by atoms with E-state index in [0.717, 1.165) is 6.26 Å². The first-order valence-electron chi connectivity index (χ1n) is 5.47. The predicted molar refractivity (Wildman–Crippen MR) is 80.4 cm³/mol. The minimum Gasteiger partial charge on any atom is -0.350 e. The van der Waals surface area contributed by atoms with E-state index in [1.54, 1.807) is 26.0 Å². The normalized spacial score (nSPS) is 12.3. The summed E-state index contributed by atoms with van der Waals surface area (Å²) in [6.07, 6.45) is 1.15. The number of amides is 1. The van der Waals surface area contributed by atoms with Crippen molar-refractivity contribution in [2.75, 3.05) is 12.8 Å². The minimum absolute atomic E-state index is 0.0365. The first-order valence-corrected chi connectivity index (χ1v) is 8.53. The summed E-state index contributed by atoms with van der Waals surface area (Å²) in [6.45, 7) is 3.17. The number of hydrogen-bond donors (Lipinski definition) is 1. The lowest BCUT2D eigenvalue weighted by Crippen LogP contribution is -2.43. The number of carbonyl (C=O) groups is 1. The van der Waals surface area contributed by atoms with Crippen LogP contribution in [-0.4, -0.2) is 31.9 Å². The third-order valence-corrected chi connectivity index (χ3v) is 5.63. The van der Waals surface area contributed by atoms with Gasteiger partial charge in [0.25, 0.3) is 5.91 Å². The van der Waals surface area contributed by atoms with E-state index in [0.29, 0.717) is 15.1 Å². The molecule has 4 nitrogen and oxygen atoms in total.